The first-order chi connectivity index (χ1) is 16.6. The molecular weight excluding hydrogens is 522 g/mol. The van der Waals surface area contributed by atoms with Crippen molar-refractivity contribution in [3.8, 4) is 0 Å². The van der Waals surface area contributed by atoms with Gasteiger partial charge < -0.3 is 0 Å². The van der Waals surface area contributed by atoms with Gasteiger partial charge in [-0.05, 0) is 36.4 Å². The molecule has 35 heavy (non-hydrogen) atoms. The predicted molar refractivity (Wildman–Crippen MR) is 129 cm³/mol. The summed E-state index contributed by atoms with van der Waals surface area (Å²) in [6, 6.07) is 14.5. The molecule has 0 radical (unpaired) electrons. The van der Waals surface area contributed by atoms with Gasteiger partial charge in [0.25, 0.3) is 11.6 Å². The fourth-order valence-electron chi connectivity index (χ4n) is 2.91. The molecule has 182 valence electrons. The summed E-state index contributed by atoms with van der Waals surface area (Å²) < 4.78 is 41.4. The lowest BCUT2D eigenvalue weighted by Crippen LogP contribution is -2.39. The molecule has 0 bridgehead atoms. The number of hydrogen-bond acceptors (Lipinski definition) is 6. The minimum absolute atomic E-state index is 0.0599. The number of benzene rings is 3. The van der Waals surface area contributed by atoms with Crippen LogP contribution in [0, 0.1) is 15.9 Å². The number of amides is 1. The number of hydrogen-bond donors (Lipinski definition) is 1. The van der Waals surface area contributed by atoms with E-state index in [1.807, 2.05) is 0 Å². The summed E-state index contributed by atoms with van der Waals surface area (Å²) in [5.74, 6) is -1.47. The maximum absolute atomic E-state index is 14.2. The number of halogens is 3. The van der Waals surface area contributed by atoms with Crippen molar-refractivity contribution in [1.82, 2.24) is 9.73 Å². The van der Waals surface area contributed by atoms with Crippen molar-refractivity contribution in [2.45, 2.75) is 11.4 Å². The number of nitrogens with one attached hydrogen (secondary N) is 1. The lowest BCUT2D eigenvalue weighted by Gasteiger charge is -2.21. The van der Waals surface area contributed by atoms with Gasteiger partial charge in [-0.2, -0.15) is 9.41 Å². The van der Waals surface area contributed by atoms with E-state index in [0.717, 1.165) is 16.6 Å². The van der Waals surface area contributed by atoms with Crippen molar-refractivity contribution in [3.63, 3.8) is 0 Å². The Morgan fingerprint density at radius 1 is 1.11 bits per heavy atom. The highest BCUT2D eigenvalue weighted by atomic mass is 35.5. The number of nitro benzene ring substituents is 1. The van der Waals surface area contributed by atoms with E-state index in [1.165, 1.54) is 54.6 Å². The zero-order chi connectivity index (χ0) is 25.6. The van der Waals surface area contributed by atoms with Gasteiger partial charge in [-0.25, -0.2) is 18.2 Å². The van der Waals surface area contributed by atoms with Crippen molar-refractivity contribution in [2.75, 3.05) is 6.54 Å². The Morgan fingerprint density at radius 3 is 2.46 bits per heavy atom. The number of nitro groups is 1. The monoisotopic (exact) mass is 538 g/mol. The topological polar surface area (TPSA) is 122 Å². The van der Waals surface area contributed by atoms with E-state index in [4.69, 9.17) is 23.2 Å². The third kappa shape index (κ3) is 6.83. The van der Waals surface area contributed by atoms with Gasteiger partial charge >= 0.3 is 0 Å². The lowest BCUT2D eigenvalue weighted by atomic mass is 10.2. The standard InChI is InChI=1S/C22H17Cl2FN4O5S/c23-17-5-8-19(9-6-17)35(33,34)28(13-15-3-1-2-4-21(15)25)14-22(30)27-26-12-16-11-18(29(31)32)7-10-20(16)24/h1-12H,13-14H2,(H,27,30)/b26-12-. The maximum atomic E-state index is 14.2. The number of rotatable bonds is 9. The smallest absolute Gasteiger partial charge is 0.270 e. The van der Waals surface area contributed by atoms with Crippen molar-refractivity contribution in [2.24, 2.45) is 5.10 Å². The van der Waals surface area contributed by atoms with Crippen LogP contribution >= 0.6 is 23.2 Å². The van der Waals surface area contributed by atoms with Crippen LogP contribution in [0.2, 0.25) is 10.0 Å². The summed E-state index contributed by atoms with van der Waals surface area (Å²) in [5.41, 5.74) is 2.15. The van der Waals surface area contributed by atoms with Crippen LogP contribution in [-0.4, -0.2) is 36.3 Å². The van der Waals surface area contributed by atoms with Crippen molar-refractivity contribution >= 4 is 51.0 Å². The lowest BCUT2D eigenvalue weighted by molar-refractivity contribution is -0.384. The molecule has 0 heterocycles. The van der Waals surface area contributed by atoms with Crippen LogP contribution in [0.15, 0.2) is 76.7 Å². The summed E-state index contributed by atoms with van der Waals surface area (Å²) in [7, 11) is -4.23. The molecule has 0 saturated carbocycles. The second-order valence-electron chi connectivity index (χ2n) is 7.07. The fraction of sp³-hybridized carbons (Fsp3) is 0.0909. The van der Waals surface area contributed by atoms with Gasteiger partial charge in [-0.15, -0.1) is 0 Å². The Bertz CT molecular complexity index is 1380. The Labute approximate surface area is 210 Å². The molecule has 0 aliphatic heterocycles. The number of sulfonamides is 1. The fourth-order valence-corrected chi connectivity index (χ4v) is 4.58. The zero-order valence-corrected chi connectivity index (χ0v) is 20.1. The molecular formula is C22H17Cl2FN4O5S. The Morgan fingerprint density at radius 2 is 1.80 bits per heavy atom. The highest BCUT2D eigenvalue weighted by molar-refractivity contribution is 7.89. The molecule has 9 nitrogen and oxygen atoms in total. The van der Waals surface area contributed by atoms with Crippen molar-refractivity contribution in [3.05, 3.63) is 104 Å². The summed E-state index contributed by atoms with van der Waals surface area (Å²) in [6.07, 6.45) is 1.09. The zero-order valence-electron chi connectivity index (χ0n) is 17.8. The first-order valence-electron chi connectivity index (χ1n) is 9.83. The second kappa shape index (κ2) is 11.4. The van der Waals surface area contributed by atoms with Crippen LogP contribution in [0.4, 0.5) is 10.1 Å². The number of non-ortho nitro benzene ring substituents is 1. The molecule has 0 spiro atoms. The molecule has 0 aromatic heterocycles. The third-order valence-corrected chi connectivity index (χ3v) is 7.06. The summed E-state index contributed by atoms with van der Waals surface area (Å²) >= 11 is 11.8. The molecule has 3 rings (SSSR count). The van der Waals surface area contributed by atoms with Gasteiger partial charge in [-0.3, -0.25) is 14.9 Å². The van der Waals surface area contributed by atoms with Crippen LogP contribution in [0.1, 0.15) is 11.1 Å². The summed E-state index contributed by atoms with van der Waals surface area (Å²) in [4.78, 5) is 22.7. The SMILES string of the molecule is O=C(CN(Cc1ccccc1F)S(=O)(=O)c1ccc(Cl)cc1)N/N=C\c1cc([N+](=O)[O-])ccc1Cl. The third-order valence-electron chi connectivity index (χ3n) is 4.66. The molecule has 3 aromatic rings. The van der Waals surface area contributed by atoms with Crippen LogP contribution < -0.4 is 5.43 Å². The molecule has 0 aliphatic rings. The Kier molecular flexibility index (Phi) is 8.52. The van der Waals surface area contributed by atoms with Gasteiger partial charge in [0.05, 0.1) is 22.6 Å². The molecule has 0 saturated heterocycles. The summed E-state index contributed by atoms with van der Waals surface area (Å²) in [6.45, 7) is -1.12. The van der Waals surface area contributed by atoms with E-state index in [0.29, 0.717) is 5.02 Å². The van der Waals surface area contributed by atoms with E-state index in [1.54, 1.807) is 6.07 Å². The number of nitrogens with zero attached hydrogens (tertiary/aromatic N) is 3. The van der Waals surface area contributed by atoms with Crippen molar-refractivity contribution in [1.29, 1.82) is 0 Å². The number of carbonyl (C=O) groups excluding carboxylic acids is 1. The van der Waals surface area contributed by atoms with Crippen LogP contribution in [-0.2, 0) is 21.4 Å². The van der Waals surface area contributed by atoms with Gasteiger partial charge in [0.15, 0.2) is 0 Å². The normalized spacial score (nSPS) is 11.7. The molecule has 1 N–H and O–H groups in total. The minimum atomic E-state index is -4.23. The highest BCUT2D eigenvalue weighted by Crippen LogP contribution is 2.22. The second-order valence-corrected chi connectivity index (χ2v) is 9.86. The molecule has 13 heteroatoms. The van der Waals surface area contributed by atoms with E-state index >= 15 is 0 Å². The van der Waals surface area contributed by atoms with E-state index in [2.05, 4.69) is 10.5 Å². The number of hydrazone groups is 1. The van der Waals surface area contributed by atoms with Crippen LogP contribution in [0.3, 0.4) is 0 Å². The van der Waals surface area contributed by atoms with Crippen molar-refractivity contribution < 1.29 is 22.5 Å². The quantitative estimate of drug-likeness (QED) is 0.246. The maximum Gasteiger partial charge on any atom is 0.270 e. The van der Waals surface area contributed by atoms with Gasteiger partial charge in [-0.1, -0.05) is 41.4 Å². The van der Waals surface area contributed by atoms with E-state index in [9.17, 15) is 27.7 Å². The first kappa shape index (κ1) is 26.2. The van der Waals surface area contributed by atoms with E-state index in [-0.39, 0.29) is 26.7 Å². The van der Waals surface area contributed by atoms with Crippen LogP contribution in [0.5, 0.6) is 0 Å². The average molecular weight is 539 g/mol. The van der Waals surface area contributed by atoms with Gasteiger partial charge in [0.2, 0.25) is 10.0 Å². The van der Waals surface area contributed by atoms with Gasteiger partial charge in [0.1, 0.15) is 5.82 Å². The predicted octanol–water partition coefficient (Wildman–Crippen LogP) is 4.38. The molecule has 0 unspecified atom stereocenters. The molecule has 0 aliphatic carbocycles. The molecule has 0 fully saturated rings. The Balaban J connectivity index is 1.82. The molecule has 1 amide bonds. The Hall–Kier alpha value is -3.38. The summed E-state index contributed by atoms with van der Waals surface area (Å²) in [5, 5.41) is 15.1. The minimum Gasteiger partial charge on any atom is -0.272 e. The molecule has 3 aromatic carbocycles. The highest BCUT2D eigenvalue weighted by Gasteiger charge is 2.27. The van der Waals surface area contributed by atoms with E-state index < -0.39 is 39.8 Å². The van der Waals surface area contributed by atoms with Gasteiger partial charge in [0, 0.05) is 39.8 Å². The number of carbonyl (C=O) groups is 1. The van der Waals surface area contributed by atoms with Crippen LogP contribution in [0.25, 0.3) is 0 Å². The largest absolute Gasteiger partial charge is 0.272 e. The first-order valence-corrected chi connectivity index (χ1v) is 12.0. The average Bonchev–Trinajstić information content (AvgIpc) is 2.81. The molecule has 0 atom stereocenters.